The van der Waals surface area contributed by atoms with Crippen molar-refractivity contribution in [1.82, 2.24) is 5.32 Å². The highest BCUT2D eigenvalue weighted by atomic mass is 32.2. The lowest BCUT2D eigenvalue weighted by Crippen LogP contribution is -2.52. The first-order valence-corrected chi connectivity index (χ1v) is 6.31. The van der Waals surface area contributed by atoms with Crippen molar-refractivity contribution < 1.29 is 13.2 Å². The highest BCUT2D eigenvalue weighted by Gasteiger charge is 2.44. The third kappa shape index (κ3) is 1.76. The van der Waals surface area contributed by atoms with Gasteiger partial charge < -0.3 is 5.32 Å². The molecule has 0 amide bonds. The van der Waals surface area contributed by atoms with E-state index in [4.69, 9.17) is 0 Å². The smallest absolute Gasteiger partial charge is 0.152 e. The molecule has 0 aromatic heterocycles. The molecule has 5 heteroatoms. The van der Waals surface area contributed by atoms with Crippen molar-refractivity contribution in [3.05, 3.63) is 0 Å². The van der Waals surface area contributed by atoms with Crippen molar-refractivity contribution in [2.24, 2.45) is 0 Å². The minimum Gasteiger partial charge on any atom is -0.309 e. The molecule has 0 aliphatic carbocycles. The molecule has 1 N–H and O–H groups in total. The topological polar surface area (TPSA) is 63.2 Å². The molecular weight excluding hydrogens is 190 g/mol. The van der Waals surface area contributed by atoms with Crippen LogP contribution in [0.15, 0.2) is 0 Å². The van der Waals surface area contributed by atoms with Gasteiger partial charge in [0.05, 0.1) is 11.5 Å². The molecule has 0 aromatic carbocycles. The zero-order valence-corrected chi connectivity index (χ0v) is 8.19. The van der Waals surface area contributed by atoms with E-state index in [0.717, 1.165) is 0 Å². The van der Waals surface area contributed by atoms with E-state index >= 15 is 0 Å². The average molecular weight is 203 g/mol. The lowest BCUT2D eigenvalue weighted by atomic mass is 9.88. The molecule has 13 heavy (non-hydrogen) atoms. The summed E-state index contributed by atoms with van der Waals surface area (Å²) in [6.45, 7) is 0.633. The lowest BCUT2D eigenvalue weighted by Gasteiger charge is -2.32. The molecule has 0 saturated carbocycles. The van der Waals surface area contributed by atoms with Crippen molar-refractivity contribution >= 4 is 15.6 Å². The lowest BCUT2D eigenvalue weighted by molar-refractivity contribution is -0.121. The van der Waals surface area contributed by atoms with E-state index in [1.165, 1.54) is 0 Å². The van der Waals surface area contributed by atoms with E-state index in [0.29, 0.717) is 25.8 Å². The minimum absolute atomic E-state index is 0.145. The van der Waals surface area contributed by atoms with Gasteiger partial charge in [0.15, 0.2) is 9.84 Å². The molecule has 2 rings (SSSR count). The summed E-state index contributed by atoms with van der Waals surface area (Å²) in [6.07, 6.45) is 1.54. The van der Waals surface area contributed by atoms with Gasteiger partial charge in [0.2, 0.25) is 0 Å². The number of ketones is 1. The van der Waals surface area contributed by atoms with Crippen molar-refractivity contribution in [3.8, 4) is 0 Å². The molecule has 2 aliphatic heterocycles. The Morgan fingerprint density at radius 2 is 2.15 bits per heavy atom. The summed E-state index contributed by atoms with van der Waals surface area (Å²) in [7, 11) is -2.89. The Bertz CT molecular complexity index is 335. The molecule has 74 valence electrons. The number of sulfone groups is 1. The Morgan fingerprint density at radius 1 is 1.38 bits per heavy atom. The van der Waals surface area contributed by atoms with Crippen LogP contribution < -0.4 is 5.32 Å². The summed E-state index contributed by atoms with van der Waals surface area (Å²) in [4.78, 5) is 11.2. The van der Waals surface area contributed by atoms with Crippen molar-refractivity contribution in [1.29, 1.82) is 0 Å². The first-order valence-electron chi connectivity index (χ1n) is 4.49. The summed E-state index contributed by atoms with van der Waals surface area (Å²) in [5.74, 6) is 0.565. The van der Waals surface area contributed by atoms with E-state index in [1.54, 1.807) is 0 Å². The van der Waals surface area contributed by atoms with E-state index in [-0.39, 0.29) is 17.3 Å². The largest absolute Gasteiger partial charge is 0.309 e. The molecule has 2 aliphatic rings. The number of Topliss-reactive ketones (excluding diaryl/α,β-unsaturated/α-hetero) is 1. The Labute approximate surface area is 77.6 Å². The highest BCUT2D eigenvalue weighted by molar-refractivity contribution is 7.91. The van der Waals surface area contributed by atoms with Crippen molar-refractivity contribution in [2.75, 3.05) is 18.1 Å². The van der Waals surface area contributed by atoms with Gasteiger partial charge in [-0.25, -0.2) is 8.42 Å². The first-order chi connectivity index (χ1) is 6.02. The normalized spacial score (nSPS) is 38.3. The third-order valence-corrected chi connectivity index (χ3v) is 4.65. The number of hydrogen-bond acceptors (Lipinski definition) is 4. The second kappa shape index (κ2) is 2.78. The maximum atomic E-state index is 11.3. The molecule has 0 bridgehead atoms. The van der Waals surface area contributed by atoms with Gasteiger partial charge in [0.1, 0.15) is 5.78 Å². The maximum Gasteiger partial charge on any atom is 0.152 e. The average Bonchev–Trinajstić information content (AvgIpc) is 2.26. The summed E-state index contributed by atoms with van der Waals surface area (Å²) in [5, 5.41) is 3.18. The monoisotopic (exact) mass is 203 g/mol. The van der Waals surface area contributed by atoms with E-state index in [2.05, 4.69) is 5.32 Å². The van der Waals surface area contributed by atoms with Gasteiger partial charge in [-0.1, -0.05) is 0 Å². The SMILES string of the molecule is O=C1CCNC2(CCS(=O)(=O)C2)C1. The van der Waals surface area contributed by atoms with Gasteiger partial charge in [-0.05, 0) is 6.42 Å². The van der Waals surface area contributed by atoms with Crippen LogP contribution in [0.25, 0.3) is 0 Å². The van der Waals surface area contributed by atoms with Crippen LogP contribution in [0.4, 0.5) is 0 Å². The zero-order valence-electron chi connectivity index (χ0n) is 7.38. The second-order valence-electron chi connectivity index (χ2n) is 4.01. The molecule has 0 aromatic rings. The van der Waals surface area contributed by atoms with E-state index in [9.17, 15) is 13.2 Å². The van der Waals surface area contributed by atoms with Crippen LogP contribution in [-0.2, 0) is 14.6 Å². The number of hydrogen-bond donors (Lipinski definition) is 1. The fourth-order valence-electron chi connectivity index (χ4n) is 2.19. The van der Waals surface area contributed by atoms with Gasteiger partial charge in [-0.2, -0.15) is 0 Å². The van der Waals surface area contributed by atoms with Crippen LogP contribution >= 0.6 is 0 Å². The summed E-state index contributed by atoms with van der Waals surface area (Å²) in [5.41, 5.74) is -0.409. The Hall–Kier alpha value is -0.420. The number of piperidine rings is 1. The van der Waals surface area contributed by atoms with Gasteiger partial charge in [-0.3, -0.25) is 4.79 Å². The van der Waals surface area contributed by atoms with Crippen LogP contribution in [-0.4, -0.2) is 37.8 Å². The number of rotatable bonds is 0. The van der Waals surface area contributed by atoms with Crippen LogP contribution in [0.1, 0.15) is 19.3 Å². The predicted molar refractivity (Wildman–Crippen MR) is 48.2 cm³/mol. The molecule has 0 radical (unpaired) electrons. The van der Waals surface area contributed by atoms with Gasteiger partial charge in [0, 0.05) is 24.9 Å². The standard InChI is InChI=1S/C8H13NO3S/c10-7-1-3-9-8(5-7)2-4-13(11,12)6-8/h9H,1-6H2. The van der Waals surface area contributed by atoms with Crippen LogP contribution in [0.2, 0.25) is 0 Å². The maximum absolute atomic E-state index is 11.3. The highest BCUT2D eigenvalue weighted by Crippen LogP contribution is 2.29. The fraction of sp³-hybridized carbons (Fsp3) is 0.875. The Kier molecular flexibility index (Phi) is 1.96. The summed E-state index contributed by atoms with van der Waals surface area (Å²) < 4.78 is 22.5. The van der Waals surface area contributed by atoms with Gasteiger partial charge in [-0.15, -0.1) is 0 Å². The molecule has 2 heterocycles. The minimum atomic E-state index is -2.89. The van der Waals surface area contributed by atoms with Crippen LogP contribution in [0.3, 0.4) is 0 Å². The molecule has 1 atom stereocenters. The molecule has 4 nitrogen and oxygen atoms in total. The molecule has 2 saturated heterocycles. The second-order valence-corrected chi connectivity index (χ2v) is 6.20. The predicted octanol–water partition coefficient (Wildman–Crippen LogP) is -0.504. The van der Waals surface area contributed by atoms with Crippen molar-refractivity contribution in [2.45, 2.75) is 24.8 Å². The summed E-state index contributed by atoms with van der Waals surface area (Å²) >= 11 is 0. The Balaban J connectivity index is 2.18. The molecular formula is C8H13NO3S. The quantitative estimate of drug-likeness (QED) is 0.576. The van der Waals surface area contributed by atoms with Gasteiger partial charge >= 0.3 is 0 Å². The number of nitrogens with one attached hydrogen (secondary N) is 1. The summed E-state index contributed by atoms with van der Waals surface area (Å²) in [6, 6.07) is 0. The molecule has 1 unspecified atom stereocenters. The van der Waals surface area contributed by atoms with E-state index in [1.807, 2.05) is 0 Å². The zero-order chi connectivity index (χ0) is 9.53. The Morgan fingerprint density at radius 3 is 2.69 bits per heavy atom. The molecule has 2 fully saturated rings. The van der Waals surface area contributed by atoms with Crippen LogP contribution in [0, 0.1) is 0 Å². The fourth-order valence-corrected chi connectivity index (χ4v) is 4.23. The van der Waals surface area contributed by atoms with Crippen LogP contribution in [0.5, 0.6) is 0 Å². The molecule has 1 spiro atoms. The third-order valence-electron chi connectivity index (χ3n) is 2.83. The number of carbonyl (C=O) groups is 1. The van der Waals surface area contributed by atoms with E-state index < -0.39 is 15.4 Å². The van der Waals surface area contributed by atoms with Crippen molar-refractivity contribution in [3.63, 3.8) is 0 Å². The van der Waals surface area contributed by atoms with Gasteiger partial charge in [0.25, 0.3) is 0 Å². The first kappa shape index (κ1) is 9.15. The number of carbonyl (C=O) groups excluding carboxylic acids is 1.